The summed E-state index contributed by atoms with van der Waals surface area (Å²) in [6.07, 6.45) is 0.344. The van der Waals surface area contributed by atoms with E-state index in [-0.39, 0.29) is 28.3 Å². The van der Waals surface area contributed by atoms with Gasteiger partial charge in [0.2, 0.25) is 5.91 Å². The molecule has 1 amide bonds. The summed E-state index contributed by atoms with van der Waals surface area (Å²) in [5.41, 5.74) is 4.34. The van der Waals surface area contributed by atoms with E-state index in [0.29, 0.717) is 23.2 Å². The fraction of sp³-hybridized carbons (Fsp3) is 0.350. The number of thioether (sulfide) groups is 1. The minimum Gasteiger partial charge on any atom is -0.435 e. The van der Waals surface area contributed by atoms with Crippen molar-refractivity contribution in [2.24, 2.45) is 0 Å². The summed E-state index contributed by atoms with van der Waals surface area (Å²) in [7, 11) is -4.11. The average molecular weight is 485 g/mol. The zero-order valence-corrected chi connectivity index (χ0v) is 18.7. The number of amides is 1. The number of hydrazine groups is 1. The molecule has 12 heteroatoms. The Morgan fingerprint density at radius 3 is 2.84 bits per heavy atom. The molecule has 2 aromatic carbocycles. The van der Waals surface area contributed by atoms with Crippen LogP contribution in [0.25, 0.3) is 0 Å². The molecule has 2 aliphatic rings. The number of carbonyl (C=O) groups is 1. The summed E-state index contributed by atoms with van der Waals surface area (Å²) < 4.78 is 56.6. The van der Waals surface area contributed by atoms with Crippen LogP contribution in [0.2, 0.25) is 0 Å². The topological polar surface area (TPSA) is 99.8 Å². The lowest BCUT2D eigenvalue weighted by atomic mass is 10.1. The van der Waals surface area contributed by atoms with Gasteiger partial charge in [-0.2, -0.15) is 21.6 Å². The highest BCUT2D eigenvalue weighted by Crippen LogP contribution is 2.34. The van der Waals surface area contributed by atoms with Gasteiger partial charge in [-0.3, -0.25) is 4.79 Å². The first-order valence-corrected chi connectivity index (χ1v) is 12.3. The van der Waals surface area contributed by atoms with Crippen LogP contribution in [0.3, 0.4) is 0 Å². The second-order valence-electron chi connectivity index (χ2n) is 7.36. The Morgan fingerprint density at radius 1 is 1.31 bits per heavy atom. The quantitative estimate of drug-likeness (QED) is 0.556. The van der Waals surface area contributed by atoms with E-state index in [4.69, 9.17) is 0 Å². The Morgan fingerprint density at radius 2 is 2.12 bits per heavy atom. The van der Waals surface area contributed by atoms with Crippen molar-refractivity contribution in [3.63, 3.8) is 0 Å². The summed E-state index contributed by atoms with van der Waals surface area (Å²) >= 11 is 1.70. The minimum absolute atomic E-state index is 0.157. The predicted molar refractivity (Wildman–Crippen MR) is 118 cm³/mol. The van der Waals surface area contributed by atoms with Crippen LogP contribution < -0.4 is 25.2 Å². The van der Waals surface area contributed by atoms with E-state index in [1.807, 2.05) is 6.92 Å². The third-order valence-electron chi connectivity index (χ3n) is 5.01. The highest BCUT2D eigenvalue weighted by molar-refractivity contribution is 8.00. The summed E-state index contributed by atoms with van der Waals surface area (Å²) in [6, 6.07) is 9.95. The Labute approximate surface area is 188 Å². The molecule has 2 atom stereocenters. The van der Waals surface area contributed by atoms with Gasteiger partial charge in [-0.1, -0.05) is 12.1 Å². The van der Waals surface area contributed by atoms with Gasteiger partial charge in [-0.25, -0.2) is 5.43 Å². The lowest BCUT2D eigenvalue weighted by Gasteiger charge is -2.20. The number of alkyl halides is 2. The lowest BCUT2D eigenvalue weighted by Crippen LogP contribution is -2.38. The number of hydrogen-bond acceptors (Lipinski definition) is 7. The molecule has 0 radical (unpaired) electrons. The van der Waals surface area contributed by atoms with Crippen molar-refractivity contribution in [3.8, 4) is 5.75 Å². The molecule has 2 aliphatic heterocycles. The number of carbonyl (C=O) groups excluding carboxylic acids is 1. The van der Waals surface area contributed by atoms with Crippen LogP contribution >= 0.6 is 11.8 Å². The molecule has 172 valence electrons. The van der Waals surface area contributed by atoms with Gasteiger partial charge < -0.3 is 15.4 Å². The van der Waals surface area contributed by atoms with Gasteiger partial charge in [0.1, 0.15) is 5.75 Å². The summed E-state index contributed by atoms with van der Waals surface area (Å²) in [4.78, 5) is 12.2. The Balaban J connectivity index is 1.52. The van der Waals surface area contributed by atoms with Crippen molar-refractivity contribution in [3.05, 3.63) is 48.0 Å². The number of fused-ring (bicyclic) bond motifs is 1. The Bertz CT molecular complexity index is 1120. The standard InChI is InChI=1S/C20H22F2N4O4S2/c1-12-23-11-16(31-12)9-19(27)25-14-6-5-13-10-24-26(18(13)7-14)32(28,29)17-4-2-3-15(8-17)30-20(21)22/h2-8,12,16,20,23-24H,9-11H2,1H3,(H,25,27). The first kappa shape index (κ1) is 22.8. The minimum atomic E-state index is -4.11. The number of rotatable bonds is 7. The van der Waals surface area contributed by atoms with E-state index in [2.05, 4.69) is 20.8 Å². The van der Waals surface area contributed by atoms with Crippen molar-refractivity contribution in [1.82, 2.24) is 10.7 Å². The van der Waals surface area contributed by atoms with Gasteiger partial charge in [0.15, 0.2) is 0 Å². The van der Waals surface area contributed by atoms with Crippen molar-refractivity contribution < 1.29 is 26.7 Å². The van der Waals surface area contributed by atoms with E-state index >= 15 is 0 Å². The molecule has 3 N–H and O–H groups in total. The monoisotopic (exact) mass is 484 g/mol. The van der Waals surface area contributed by atoms with Crippen LogP contribution in [-0.4, -0.2) is 38.1 Å². The summed E-state index contributed by atoms with van der Waals surface area (Å²) in [5, 5.41) is 6.59. The first-order chi connectivity index (χ1) is 15.2. The maximum Gasteiger partial charge on any atom is 0.387 e. The average Bonchev–Trinajstić information content (AvgIpc) is 3.33. The smallest absolute Gasteiger partial charge is 0.387 e. The van der Waals surface area contributed by atoms with E-state index in [9.17, 15) is 22.0 Å². The molecule has 8 nitrogen and oxygen atoms in total. The van der Waals surface area contributed by atoms with Crippen LogP contribution in [0.15, 0.2) is 47.4 Å². The number of anilines is 2. The molecule has 0 saturated carbocycles. The van der Waals surface area contributed by atoms with E-state index < -0.39 is 16.6 Å². The predicted octanol–water partition coefficient (Wildman–Crippen LogP) is 2.88. The molecule has 0 bridgehead atoms. The maximum atomic E-state index is 13.2. The maximum absolute atomic E-state index is 13.2. The van der Waals surface area contributed by atoms with E-state index in [1.165, 1.54) is 18.2 Å². The molecule has 32 heavy (non-hydrogen) atoms. The number of nitrogens with one attached hydrogen (secondary N) is 3. The van der Waals surface area contributed by atoms with Crippen molar-refractivity contribution in [1.29, 1.82) is 0 Å². The fourth-order valence-electron chi connectivity index (χ4n) is 3.57. The normalized spacial score (nSPS) is 20.4. The van der Waals surface area contributed by atoms with Gasteiger partial charge in [-0.05, 0) is 36.8 Å². The second kappa shape index (κ2) is 9.22. The zero-order valence-electron chi connectivity index (χ0n) is 17.0. The van der Waals surface area contributed by atoms with E-state index in [0.717, 1.165) is 22.6 Å². The number of benzene rings is 2. The molecule has 4 rings (SSSR count). The molecule has 2 heterocycles. The van der Waals surface area contributed by atoms with Crippen LogP contribution in [0.1, 0.15) is 18.9 Å². The summed E-state index contributed by atoms with van der Waals surface area (Å²) in [6.45, 7) is -0.00161. The van der Waals surface area contributed by atoms with Gasteiger partial charge in [0.05, 0.1) is 16.0 Å². The molecular weight excluding hydrogens is 462 g/mol. The van der Waals surface area contributed by atoms with E-state index in [1.54, 1.807) is 30.0 Å². The van der Waals surface area contributed by atoms with Crippen molar-refractivity contribution in [2.45, 2.75) is 42.0 Å². The van der Waals surface area contributed by atoms with Gasteiger partial charge in [-0.15, -0.1) is 11.8 Å². The molecule has 1 fully saturated rings. The van der Waals surface area contributed by atoms with Crippen molar-refractivity contribution >= 4 is 39.1 Å². The van der Waals surface area contributed by atoms with Crippen LogP contribution in [-0.2, 0) is 21.4 Å². The largest absolute Gasteiger partial charge is 0.435 e. The van der Waals surface area contributed by atoms with Gasteiger partial charge in [0, 0.05) is 36.5 Å². The first-order valence-electron chi connectivity index (χ1n) is 9.88. The number of ether oxygens (including phenoxy) is 1. The highest BCUT2D eigenvalue weighted by atomic mass is 32.2. The molecule has 2 aromatic rings. The van der Waals surface area contributed by atoms with Crippen LogP contribution in [0.4, 0.5) is 20.2 Å². The Hall–Kier alpha value is -2.41. The van der Waals surface area contributed by atoms with Gasteiger partial charge >= 0.3 is 6.61 Å². The molecule has 0 spiro atoms. The second-order valence-corrected chi connectivity index (χ2v) is 10.8. The number of hydrogen-bond donors (Lipinski definition) is 3. The van der Waals surface area contributed by atoms with Crippen LogP contribution in [0.5, 0.6) is 5.75 Å². The molecular formula is C20H22F2N4O4S2. The molecule has 2 unspecified atom stereocenters. The van der Waals surface area contributed by atoms with Crippen LogP contribution in [0, 0.1) is 0 Å². The number of sulfonamides is 1. The van der Waals surface area contributed by atoms with Gasteiger partial charge in [0.25, 0.3) is 10.0 Å². The SMILES string of the molecule is CC1NCC(CC(=O)Nc2ccc3c(c2)N(S(=O)(=O)c2cccc(OC(F)F)c2)NC3)S1. The molecule has 1 saturated heterocycles. The third-order valence-corrected chi connectivity index (χ3v) is 7.96. The third kappa shape index (κ3) is 4.98. The number of halogens is 2. The summed E-state index contributed by atoms with van der Waals surface area (Å²) in [5.74, 6) is -0.411. The molecule has 0 aromatic heterocycles. The highest BCUT2D eigenvalue weighted by Gasteiger charge is 2.32. The number of nitrogens with zero attached hydrogens (tertiary/aromatic N) is 1. The molecule has 0 aliphatic carbocycles. The van der Waals surface area contributed by atoms with Crippen molar-refractivity contribution in [2.75, 3.05) is 16.3 Å². The lowest BCUT2D eigenvalue weighted by molar-refractivity contribution is -0.116. The Kier molecular flexibility index (Phi) is 6.56. The zero-order chi connectivity index (χ0) is 22.9. The fourth-order valence-corrected chi connectivity index (χ4v) is 6.17.